The summed E-state index contributed by atoms with van der Waals surface area (Å²) in [5.74, 6) is -1.36. The van der Waals surface area contributed by atoms with Crippen molar-refractivity contribution in [1.29, 1.82) is 0 Å². The van der Waals surface area contributed by atoms with Gasteiger partial charge < -0.3 is 15.2 Å². The first-order valence-corrected chi connectivity index (χ1v) is 12.5. The second kappa shape index (κ2) is 9.41. The van der Waals surface area contributed by atoms with E-state index in [1.54, 1.807) is 4.90 Å². The van der Waals surface area contributed by atoms with E-state index >= 15 is 0 Å². The summed E-state index contributed by atoms with van der Waals surface area (Å²) < 4.78 is 65.7. The van der Waals surface area contributed by atoms with Crippen LogP contribution in [0.15, 0.2) is 41.4 Å². The highest BCUT2D eigenvalue weighted by Crippen LogP contribution is 2.30. The highest BCUT2D eigenvalue weighted by atomic mass is 32.2. The van der Waals surface area contributed by atoms with Crippen LogP contribution in [0.1, 0.15) is 41.7 Å². The summed E-state index contributed by atoms with van der Waals surface area (Å²) in [6, 6.07) is 5.40. The molecule has 1 aromatic heterocycles. The maximum absolute atomic E-state index is 13.1. The molecule has 0 spiro atoms. The highest BCUT2D eigenvalue weighted by molar-refractivity contribution is 7.89. The summed E-state index contributed by atoms with van der Waals surface area (Å²) >= 11 is 0. The van der Waals surface area contributed by atoms with Gasteiger partial charge in [-0.25, -0.2) is 8.42 Å². The number of carbonyl (C=O) groups excluding carboxylic acids is 2. The SMILES string of the molecule is O=C(Nc1ccc(C(F)(F)F)cc1)[C@@H]1CCCN(S(=O)(=O)c2c[nH]c(C(=O)N3CCCC3)c2)C1. The molecule has 1 atom stereocenters. The minimum Gasteiger partial charge on any atom is -0.356 e. The van der Waals surface area contributed by atoms with Gasteiger partial charge in [-0.1, -0.05) is 0 Å². The van der Waals surface area contributed by atoms with Crippen molar-refractivity contribution in [2.45, 2.75) is 36.8 Å². The number of hydrogen-bond acceptors (Lipinski definition) is 4. The molecule has 12 heteroatoms. The van der Waals surface area contributed by atoms with E-state index in [1.165, 1.54) is 16.6 Å². The number of likely N-dealkylation sites (tertiary alicyclic amines) is 1. The van der Waals surface area contributed by atoms with Gasteiger partial charge in [-0.2, -0.15) is 17.5 Å². The van der Waals surface area contributed by atoms with E-state index in [1.807, 2.05) is 0 Å². The fraction of sp³-hybridized carbons (Fsp3) is 0.455. The van der Waals surface area contributed by atoms with Gasteiger partial charge in [0.2, 0.25) is 15.9 Å². The van der Waals surface area contributed by atoms with Crippen LogP contribution in [0.25, 0.3) is 0 Å². The van der Waals surface area contributed by atoms with E-state index in [9.17, 15) is 31.2 Å². The number of rotatable bonds is 5. The molecule has 0 radical (unpaired) electrons. The number of benzene rings is 1. The Bertz CT molecular complexity index is 1160. The lowest BCUT2D eigenvalue weighted by Gasteiger charge is -2.31. The number of nitrogens with zero attached hydrogens (tertiary/aromatic N) is 2. The van der Waals surface area contributed by atoms with Gasteiger partial charge in [0.05, 0.1) is 11.5 Å². The van der Waals surface area contributed by atoms with Gasteiger partial charge in [0, 0.05) is 38.1 Å². The fourth-order valence-corrected chi connectivity index (χ4v) is 5.77. The Morgan fingerprint density at radius 2 is 1.71 bits per heavy atom. The van der Waals surface area contributed by atoms with E-state index < -0.39 is 33.6 Å². The van der Waals surface area contributed by atoms with Crippen molar-refractivity contribution in [1.82, 2.24) is 14.2 Å². The van der Waals surface area contributed by atoms with Crippen LogP contribution in [0.4, 0.5) is 18.9 Å². The smallest absolute Gasteiger partial charge is 0.356 e. The first-order chi connectivity index (χ1) is 16.1. The van der Waals surface area contributed by atoms with Crippen molar-refractivity contribution in [2.24, 2.45) is 5.92 Å². The van der Waals surface area contributed by atoms with Crippen LogP contribution in [-0.4, -0.2) is 60.6 Å². The molecule has 2 amide bonds. The van der Waals surface area contributed by atoms with E-state index in [2.05, 4.69) is 10.3 Å². The second-order valence-electron chi connectivity index (χ2n) is 8.51. The minimum absolute atomic E-state index is 0.0427. The number of nitrogens with one attached hydrogen (secondary N) is 2. The van der Waals surface area contributed by atoms with Crippen LogP contribution in [0.5, 0.6) is 0 Å². The molecule has 184 valence electrons. The predicted molar refractivity (Wildman–Crippen MR) is 117 cm³/mol. The van der Waals surface area contributed by atoms with Crippen LogP contribution in [-0.2, 0) is 21.0 Å². The van der Waals surface area contributed by atoms with E-state index in [0.717, 1.165) is 37.1 Å². The molecule has 34 heavy (non-hydrogen) atoms. The van der Waals surface area contributed by atoms with Crippen molar-refractivity contribution >= 4 is 27.5 Å². The number of halogens is 3. The fourth-order valence-electron chi connectivity index (χ4n) is 4.25. The van der Waals surface area contributed by atoms with Crippen molar-refractivity contribution in [3.63, 3.8) is 0 Å². The molecular formula is C22H25F3N4O4S. The maximum Gasteiger partial charge on any atom is 0.416 e. The van der Waals surface area contributed by atoms with E-state index in [-0.39, 0.29) is 35.3 Å². The first-order valence-electron chi connectivity index (χ1n) is 11.0. The van der Waals surface area contributed by atoms with Gasteiger partial charge in [0.15, 0.2) is 0 Å². The lowest BCUT2D eigenvalue weighted by atomic mass is 9.98. The molecule has 8 nitrogen and oxygen atoms in total. The van der Waals surface area contributed by atoms with E-state index in [0.29, 0.717) is 25.9 Å². The zero-order valence-electron chi connectivity index (χ0n) is 18.3. The number of piperidine rings is 1. The van der Waals surface area contributed by atoms with Gasteiger partial charge in [0.1, 0.15) is 10.6 Å². The van der Waals surface area contributed by atoms with Gasteiger partial charge in [-0.15, -0.1) is 0 Å². The van der Waals surface area contributed by atoms with Gasteiger partial charge >= 0.3 is 6.18 Å². The third-order valence-corrected chi connectivity index (χ3v) is 8.00. The van der Waals surface area contributed by atoms with Gasteiger partial charge in [-0.05, 0) is 56.0 Å². The minimum atomic E-state index is -4.47. The van der Waals surface area contributed by atoms with Crippen molar-refractivity contribution in [3.05, 3.63) is 47.8 Å². The summed E-state index contributed by atoms with van der Waals surface area (Å²) in [5.41, 5.74) is -0.419. The van der Waals surface area contributed by atoms with Crippen LogP contribution in [0.2, 0.25) is 0 Å². The number of aromatic nitrogens is 1. The topological polar surface area (TPSA) is 103 Å². The number of carbonyl (C=O) groups is 2. The molecular weight excluding hydrogens is 473 g/mol. The number of anilines is 1. The van der Waals surface area contributed by atoms with Gasteiger partial charge in [0.25, 0.3) is 5.91 Å². The lowest BCUT2D eigenvalue weighted by Crippen LogP contribution is -2.43. The average Bonchev–Trinajstić information content (AvgIpc) is 3.51. The second-order valence-corrected chi connectivity index (χ2v) is 10.5. The standard InChI is InChI=1S/C22H25F3N4O4S/c23-22(24,25)16-5-7-17(8-6-16)27-20(30)15-4-3-11-29(14-15)34(32,33)18-12-19(26-13-18)21(31)28-9-1-2-10-28/h5-8,12-13,15,26H,1-4,9-11,14H2,(H,27,30)/t15-/m1/s1. The number of sulfonamides is 1. The predicted octanol–water partition coefficient (Wildman–Crippen LogP) is 3.31. The summed E-state index contributed by atoms with van der Waals surface area (Å²) in [5, 5.41) is 2.57. The number of amides is 2. The first kappa shape index (κ1) is 24.3. The lowest BCUT2D eigenvalue weighted by molar-refractivity contribution is -0.137. The zero-order chi connectivity index (χ0) is 24.5. The monoisotopic (exact) mass is 498 g/mol. The Kier molecular flexibility index (Phi) is 6.72. The Balaban J connectivity index is 1.41. The quantitative estimate of drug-likeness (QED) is 0.660. The zero-order valence-corrected chi connectivity index (χ0v) is 19.1. The largest absolute Gasteiger partial charge is 0.416 e. The van der Waals surface area contributed by atoms with Crippen LogP contribution < -0.4 is 5.32 Å². The number of hydrogen-bond donors (Lipinski definition) is 2. The third-order valence-electron chi connectivity index (χ3n) is 6.15. The Labute approximate surface area is 195 Å². The molecule has 0 bridgehead atoms. The summed E-state index contributed by atoms with van der Waals surface area (Å²) in [7, 11) is -3.93. The number of alkyl halides is 3. The average molecular weight is 499 g/mol. The summed E-state index contributed by atoms with van der Waals surface area (Å²) in [6.45, 7) is 1.45. The molecule has 0 unspecified atom stereocenters. The molecule has 2 fully saturated rings. The molecule has 2 aliphatic heterocycles. The maximum atomic E-state index is 13.1. The number of aromatic amines is 1. The summed E-state index contributed by atoms with van der Waals surface area (Å²) in [4.78, 5) is 29.6. The van der Waals surface area contributed by atoms with Crippen LogP contribution in [0, 0.1) is 5.92 Å². The van der Waals surface area contributed by atoms with Crippen LogP contribution in [0.3, 0.4) is 0 Å². The molecule has 2 aromatic rings. The molecule has 1 aromatic carbocycles. The molecule has 4 rings (SSSR count). The molecule has 3 heterocycles. The molecule has 2 N–H and O–H groups in total. The Morgan fingerprint density at radius 3 is 2.35 bits per heavy atom. The molecule has 0 saturated carbocycles. The Hall–Kier alpha value is -2.86. The molecule has 2 saturated heterocycles. The van der Waals surface area contributed by atoms with Crippen LogP contribution >= 0.6 is 0 Å². The number of H-pyrrole nitrogens is 1. The molecule has 0 aliphatic carbocycles. The van der Waals surface area contributed by atoms with Crippen molar-refractivity contribution in [3.8, 4) is 0 Å². The third kappa shape index (κ3) is 5.12. The normalized spacial score (nSPS) is 19.9. The van der Waals surface area contributed by atoms with Crippen molar-refractivity contribution < 1.29 is 31.2 Å². The van der Waals surface area contributed by atoms with Crippen molar-refractivity contribution in [2.75, 3.05) is 31.5 Å². The van der Waals surface area contributed by atoms with E-state index in [4.69, 9.17) is 0 Å². The Morgan fingerprint density at radius 1 is 1.03 bits per heavy atom. The summed E-state index contributed by atoms with van der Waals surface area (Å²) in [6.07, 6.45) is -0.455. The molecule has 2 aliphatic rings. The van der Waals surface area contributed by atoms with Gasteiger partial charge in [-0.3, -0.25) is 9.59 Å². The highest BCUT2D eigenvalue weighted by Gasteiger charge is 2.35.